The molecule has 0 fully saturated rings. The van der Waals surface area contributed by atoms with E-state index in [1.807, 2.05) is 54.6 Å². The molecule has 0 aliphatic carbocycles. The molecule has 1 aliphatic heterocycles. The minimum absolute atomic E-state index is 0.142. The third-order valence-corrected chi connectivity index (χ3v) is 4.75. The van der Waals surface area contributed by atoms with Crippen LogP contribution in [0.25, 0.3) is 5.57 Å². The number of aliphatic carboxylic acids is 1. The molecule has 2 aromatic rings. The van der Waals surface area contributed by atoms with Gasteiger partial charge in [0.05, 0.1) is 12.2 Å². The van der Waals surface area contributed by atoms with Gasteiger partial charge in [-0.2, -0.15) is 0 Å². The summed E-state index contributed by atoms with van der Waals surface area (Å²) in [5.74, 6) is 0.427. The van der Waals surface area contributed by atoms with Crippen molar-refractivity contribution >= 4 is 28.3 Å². The second-order valence-corrected chi connectivity index (χ2v) is 6.37. The lowest BCUT2D eigenvalue weighted by Crippen LogP contribution is -2.13. The molecule has 0 unspecified atom stereocenters. The molecular formula is C19H17NO3S. The Morgan fingerprint density at radius 2 is 1.88 bits per heavy atom. The van der Waals surface area contributed by atoms with E-state index in [-0.39, 0.29) is 5.70 Å². The first-order valence-electron chi connectivity index (χ1n) is 7.52. The molecule has 0 amide bonds. The van der Waals surface area contributed by atoms with Crippen molar-refractivity contribution in [1.82, 2.24) is 0 Å². The van der Waals surface area contributed by atoms with E-state index in [9.17, 15) is 9.90 Å². The van der Waals surface area contributed by atoms with E-state index in [2.05, 4.69) is 4.99 Å². The molecule has 1 heterocycles. The fraction of sp³-hybridized carbons (Fsp3) is 0.158. The summed E-state index contributed by atoms with van der Waals surface area (Å²) in [4.78, 5) is 16.0. The van der Waals surface area contributed by atoms with Gasteiger partial charge < -0.3 is 9.84 Å². The van der Waals surface area contributed by atoms with Crippen molar-refractivity contribution in [3.8, 4) is 5.75 Å². The summed E-state index contributed by atoms with van der Waals surface area (Å²) in [6, 6.07) is 17.3. The fourth-order valence-electron chi connectivity index (χ4n) is 2.49. The first-order chi connectivity index (χ1) is 11.7. The minimum atomic E-state index is -0.985. The number of rotatable bonds is 5. The van der Waals surface area contributed by atoms with E-state index >= 15 is 0 Å². The Balaban J connectivity index is 1.88. The molecule has 24 heavy (non-hydrogen) atoms. The van der Waals surface area contributed by atoms with Gasteiger partial charge in [-0.1, -0.05) is 42.5 Å². The van der Waals surface area contributed by atoms with Crippen LogP contribution in [0.2, 0.25) is 0 Å². The third kappa shape index (κ3) is 3.68. The SMILES string of the molecule is COc1ccc(CC2=NC(C(=O)O)=C(c3ccccc3)CS2)cc1. The highest BCUT2D eigenvalue weighted by Gasteiger charge is 2.22. The number of carboxylic acid groups (broad SMARTS) is 1. The molecule has 3 rings (SSSR count). The zero-order chi connectivity index (χ0) is 16.9. The summed E-state index contributed by atoms with van der Waals surface area (Å²) >= 11 is 1.59. The maximum atomic E-state index is 11.6. The highest BCUT2D eigenvalue weighted by molar-refractivity contribution is 8.14. The summed E-state index contributed by atoms with van der Waals surface area (Å²) in [7, 11) is 1.63. The maximum absolute atomic E-state index is 11.6. The molecule has 0 atom stereocenters. The Morgan fingerprint density at radius 1 is 1.17 bits per heavy atom. The normalized spacial score (nSPS) is 14.3. The van der Waals surface area contributed by atoms with Crippen LogP contribution >= 0.6 is 11.8 Å². The highest BCUT2D eigenvalue weighted by Crippen LogP contribution is 2.31. The second-order valence-electron chi connectivity index (χ2n) is 5.32. The summed E-state index contributed by atoms with van der Waals surface area (Å²) in [6.07, 6.45) is 0.619. The van der Waals surface area contributed by atoms with Gasteiger partial charge in [0.25, 0.3) is 0 Å². The number of hydrogen-bond donors (Lipinski definition) is 1. The van der Waals surface area contributed by atoms with Crippen molar-refractivity contribution in [2.45, 2.75) is 6.42 Å². The van der Waals surface area contributed by atoms with Crippen molar-refractivity contribution in [2.24, 2.45) is 4.99 Å². The molecule has 0 saturated heterocycles. The van der Waals surface area contributed by atoms with Gasteiger partial charge in [0, 0.05) is 17.7 Å². The van der Waals surface area contributed by atoms with Crippen molar-refractivity contribution in [3.63, 3.8) is 0 Å². The molecule has 2 aromatic carbocycles. The molecule has 122 valence electrons. The number of carboxylic acids is 1. The van der Waals surface area contributed by atoms with E-state index in [1.165, 1.54) is 0 Å². The number of thioether (sulfide) groups is 1. The summed E-state index contributed by atoms with van der Waals surface area (Å²) in [6.45, 7) is 0. The summed E-state index contributed by atoms with van der Waals surface area (Å²) in [5, 5.41) is 10.3. The van der Waals surface area contributed by atoms with Crippen LogP contribution in [0.3, 0.4) is 0 Å². The van der Waals surface area contributed by atoms with Gasteiger partial charge in [0.15, 0.2) is 5.70 Å². The number of hydrogen-bond acceptors (Lipinski definition) is 4. The summed E-state index contributed by atoms with van der Waals surface area (Å²) < 4.78 is 5.15. The van der Waals surface area contributed by atoms with Crippen LogP contribution in [0.15, 0.2) is 65.3 Å². The molecule has 0 aromatic heterocycles. The maximum Gasteiger partial charge on any atom is 0.354 e. The Bertz CT molecular complexity index is 795. The number of benzene rings is 2. The smallest absolute Gasteiger partial charge is 0.354 e. The average molecular weight is 339 g/mol. The second kappa shape index (κ2) is 7.36. The van der Waals surface area contributed by atoms with Crippen molar-refractivity contribution in [2.75, 3.05) is 12.9 Å². The van der Waals surface area contributed by atoms with E-state index in [0.717, 1.165) is 27.5 Å². The lowest BCUT2D eigenvalue weighted by Gasteiger charge is -2.17. The number of carbonyl (C=O) groups is 1. The Kier molecular flexibility index (Phi) is 5.01. The Morgan fingerprint density at radius 3 is 2.50 bits per heavy atom. The van der Waals surface area contributed by atoms with Gasteiger partial charge in [-0.3, -0.25) is 0 Å². The van der Waals surface area contributed by atoms with Crippen LogP contribution in [0.1, 0.15) is 11.1 Å². The van der Waals surface area contributed by atoms with Crippen molar-refractivity contribution in [1.29, 1.82) is 0 Å². The zero-order valence-corrected chi connectivity index (χ0v) is 14.0. The molecule has 0 bridgehead atoms. The predicted molar refractivity (Wildman–Crippen MR) is 97.6 cm³/mol. The van der Waals surface area contributed by atoms with Crippen LogP contribution < -0.4 is 4.74 Å². The van der Waals surface area contributed by atoms with Crippen LogP contribution in [-0.2, 0) is 11.2 Å². The molecule has 1 aliphatic rings. The van der Waals surface area contributed by atoms with E-state index in [4.69, 9.17) is 4.74 Å². The summed E-state index contributed by atoms with van der Waals surface area (Å²) in [5.41, 5.74) is 2.90. The first-order valence-corrected chi connectivity index (χ1v) is 8.51. The van der Waals surface area contributed by atoms with E-state index in [1.54, 1.807) is 18.9 Å². The van der Waals surface area contributed by atoms with Gasteiger partial charge in [-0.15, -0.1) is 11.8 Å². The largest absolute Gasteiger partial charge is 0.497 e. The Hall–Kier alpha value is -2.53. The molecule has 4 nitrogen and oxygen atoms in total. The van der Waals surface area contributed by atoms with Gasteiger partial charge in [-0.05, 0) is 23.3 Å². The van der Waals surface area contributed by atoms with Crippen molar-refractivity contribution < 1.29 is 14.6 Å². The molecular weight excluding hydrogens is 322 g/mol. The van der Waals surface area contributed by atoms with Gasteiger partial charge >= 0.3 is 5.97 Å². The molecule has 5 heteroatoms. The van der Waals surface area contributed by atoms with Crippen LogP contribution in [0.5, 0.6) is 5.75 Å². The van der Waals surface area contributed by atoms with Crippen LogP contribution in [0, 0.1) is 0 Å². The zero-order valence-electron chi connectivity index (χ0n) is 13.2. The van der Waals surface area contributed by atoms with Crippen molar-refractivity contribution in [3.05, 3.63) is 71.4 Å². The van der Waals surface area contributed by atoms with Crippen LogP contribution in [0.4, 0.5) is 0 Å². The molecule has 1 N–H and O–H groups in total. The van der Waals surface area contributed by atoms with Crippen LogP contribution in [-0.4, -0.2) is 29.0 Å². The topological polar surface area (TPSA) is 58.9 Å². The molecule has 0 spiro atoms. The molecule has 0 saturated carbocycles. The number of ether oxygens (including phenoxy) is 1. The van der Waals surface area contributed by atoms with Gasteiger partial charge in [0.1, 0.15) is 5.75 Å². The highest BCUT2D eigenvalue weighted by atomic mass is 32.2. The lowest BCUT2D eigenvalue weighted by molar-refractivity contribution is -0.132. The lowest BCUT2D eigenvalue weighted by atomic mass is 10.1. The third-order valence-electron chi connectivity index (χ3n) is 3.74. The predicted octanol–water partition coefficient (Wildman–Crippen LogP) is 3.88. The monoisotopic (exact) mass is 339 g/mol. The first kappa shape index (κ1) is 16.3. The molecule has 0 radical (unpaired) electrons. The fourth-order valence-corrected chi connectivity index (χ4v) is 3.53. The van der Waals surface area contributed by atoms with E-state index < -0.39 is 5.97 Å². The quantitative estimate of drug-likeness (QED) is 0.898. The van der Waals surface area contributed by atoms with Gasteiger partial charge in [0.2, 0.25) is 0 Å². The number of methoxy groups -OCH3 is 1. The number of aliphatic imine (C=N–C) groups is 1. The standard InChI is InChI=1S/C19H17NO3S/c1-23-15-9-7-13(8-10-15)11-17-20-18(19(21)22)16(12-24-17)14-5-3-2-4-6-14/h2-10H,11-12H2,1H3,(H,21,22). The Labute approximate surface area is 144 Å². The minimum Gasteiger partial charge on any atom is -0.497 e. The van der Waals surface area contributed by atoms with Gasteiger partial charge in [-0.25, -0.2) is 9.79 Å². The average Bonchev–Trinajstić information content (AvgIpc) is 2.63. The number of nitrogens with zero attached hydrogens (tertiary/aromatic N) is 1. The van der Waals surface area contributed by atoms with E-state index in [0.29, 0.717) is 12.2 Å².